The van der Waals surface area contributed by atoms with Gasteiger partial charge in [0.15, 0.2) is 23.3 Å². The molecule has 5 aromatic rings. The molecular weight excluding hydrogens is 489 g/mol. The molecule has 0 unspecified atom stereocenters. The van der Waals surface area contributed by atoms with Crippen LogP contribution in [0, 0.1) is 19.7 Å². The van der Waals surface area contributed by atoms with Crippen LogP contribution in [0.25, 0.3) is 5.82 Å². The second kappa shape index (κ2) is 9.02. The van der Waals surface area contributed by atoms with E-state index in [0.717, 1.165) is 33.9 Å². The van der Waals surface area contributed by atoms with E-state index in [1.54, 1.807) is 10.9 Å². The van der Waals surface area contributed by atoms with Crippen LogP contribution in [0.4, 0.5) is 27.3 Å². The van der Waals surface area contributed by atoms with Crippen molar-refractivity contribution >= 4 is 34.6 Å². The molecule has 0 amide bonds. The van der Waals surface area contributed by atoms with Gasteiger partial charge in [0, 0.05) is 17.4 Å². The number of aryl methyl sites for hydroxylation is 2. The lowest BCUT2D eigenvalue weighted by Gasteiger charge is -2.40. The van der Waals surface area contributed by atoms with Crippen molar-refractivity contribution in [3.63, 3.8) is 0 Å². The molecule has 1 N–H and O–H groups in total. The van der Waals surface area contributed by atoms with Gasteiger partial charge in [-0.25, -0.2) is 19.4 Å². The molecule has 8 heteroatoms. The number of anilines is 2. The van der Waals surface area contributed by atoms with Crippen molar-refractivity contribution in [3.8, 4) is 5.82 Å². The molecule has 39 heavy (non-hydrogen) atoms. The monoisotopic (exact) mass is 513 g/mol. The highest BCUT2D eigenvalue weighted by molar-refractivity contribution is 6.51. The molecule has 1 atom stereocenters. The molecule has 0 saturated carbocycles. The smallest absolute Gasteiger partial charge is 0.179 e. The standard InChI is InChI=1S/C31H24FN7/c1-19-10-16-23(17-11-19)34-29-31-36-30-27(20(2)37-39(30)26-9-5-6-18-33-26)28(21-12-14-22(32)15-13-21)38(31)25-8-4-3-7-24(25)35-29/h3-18,28H,1-2H3,(H,34,35)/t28-/m0/s1. The first kappa shape index (κ1) is 23.0. The van der Waals surface area contributed by atoms with Crippen molar-refractivity contribution in [2.75, 3.05) is 10.2 Å². The maximum Gasteiger partial charge on any atom is 0.179 e. The van der Waals surface area contributed by atoms with Gasteiger partial charge in [-0.15, -0.1) is 0 Å². The summed E-state index contributed by atoms with van der Waals surface area (Å²) in [6.45, 7) is 4.03. The Kier molecular flexibility index (Phi) is 5.33. The number of amidine groups is 2. The lowest BCUT2D eigenvalue weighted by Crippen LogP contribution is -2.46. The molecule has 0 saturated heterocycles. The largest absolute Gasteiger partial charge is 0.337 e. The van der Waals surface area contributed by atoms with Gasteiger partial charge in [-0.2, -0.15) is 9.78 Å². The number of para-hydroxylation sites is 2. The number of fused-ring (bicyclic) bond motifs is 4. The summed E-state index contributed by atoms with van der Waals surface area (Å²) in [4.78, 5) is 16.9. The predicted molar refractivity (Wildman–Crippen MR) is 152 cm³/mol. The van der Waals surface area contributed by atoms with Gasteiger partial charge in [-0.05, 0) is 67.9 Å². The average molecular weight is 514 g/mol. The molecule has 7 nitrogen and oxygen atoms in total. The Hall–Kier alpha value is -5.11. The average Bonchev–Trinajstić information content (AvgIpc) is 3.30. The van der Waals surface area contributed by atoms with Gasteiger partial charge < -0.3 is 10.2 Å². The molecule has 2 aromatic heterocycles. The van der Waals surface area contributed by atoms with Crippen LogP contribution in [-0.2, 0) is 0 Å². The molecule has 190 valence electrons. The number of rotatable bonds is 3. The zero-order valence-corrected chi connectivity index (χ0v) is 21.4. The highest BCUT2D eigenvalue weighted by Crippen LogP contribution is 2.48. The summed E-state index contributed by atoms with van der Waals surface area (Å²) in [5.41, 5.74) is 6.47. The zero-order valence-electron chi connectivity index (χ0n) is 21.4. The first-order valence-electron chi connectivity index (χ1n) is 12.7. The number of pyridine rings is 1. The van der Waals surface area contributed by atoms with Gasteiger partial charge in [0.05, 0.1) is 23.1 Å². The van der Waals surface area contributed by atoms with Crippen LogP contribution in [0.3, 0.4) is 0 Å². The van der Waals surface area contributed by atoms with E-state index in [-0.39, 0.29) is 11.9 Å². The summed E-state index contributed by atoms with van der Waals surface area (Å²) in [6, 6.07) is 28.2. The fourth-order valence-corrected chi connectivity index (χ4v) is 5.17. The Morgan fingerprint density at radius 2 is 1.59 bits per heavy atom. The molecule has 0 spiro atoms. The van der Waals surface area contributed by atoms with E-state index in [9.17, 15) is 4.39 Å². The minimum absolute atomic E-state index is 0.285. The van der Waals surface area contributed by atoms with Crippen LogP contribution in [-0.4, -0.2) is 26.4 Å². The van der Waals surface area contributed by atoms with E-state index in [4.69, 9.17) is 15.1 Å². The van der Waals surface area contributed by atoms with Crippen molar-refractivity contribution in [1.82, 2.24) is 14.8 Å². The molecular formula is C31H24FN7. The minimum Gasteiger partial charge on any atom is -0.337 e. The van der Waals surface area contributed by atoms with Crippen molar-refractivity contribution in [1.29, 1.82) is 0 Å². The van der Waals surface area contributed by atoms with Crippen LogP contribution in [0.15, 0.2) is 107 Å². The van der Waals surface area contributed by atoms with Crippen molar-refractivity contribution in [2.24, 2.45) is 9.98 Å². The summed E-state index contributed by atoms with van der Waals surface area (Å²) in [5.74, 6) is 2.31. The third kappa shape index (κ3) is 3.88. The van der Waals surface area contributed by atoms with Crippen LogP contribution < -0.4 is 10.2 Å². The zero-order chi connectivity index (χ0) is 26.5. The number of hydrogen-bond donors (Lipinski definition) is 1. The van der Waals surface area contributed by atoms with E-state index in [2.05, 4.69) is 34.3 Å². The number of nitrogens with zero attached hydrogens (tertiary/aromatic N) is 6. The van der Waals surface area contributed by atoms with Gasteiger partial charge in [-0.1, -0.05) is 48.0 Å². The first-order valence-corrected chi connectivity index (χ1v) is 12.7. The molecule has 7 rings (SSSR count). The Labute approximate surface area is 225 Å². The van der Waals surface area contributed by atoms with Crippen molar-refractivity contribution in [3.05, 3.63) is 125 Å². The Morgan fingerprint density at radius 1 is 0.821 bits per heavy atom. The molecule has 0 radical (unpaired) electrons. The Morgan fingerprint density at radius 3 is 2.36 bits per heavy atom. The second-order valence-electron chi connectivity index (χ2n) is 9.62. The van der Waals surface area contributed by atoms with Crippen LogP contribution in [0.5, 0.6) is 0 Å². The fourth-order valence-electron chi connectivity index (χ4n) is 5.17. The van der Waals surface area contributed by atoms with Gasteiger partial charge in [-0.3, -0.25) is 0 Å². The molecule has 3 aromatic carbocycles. The number of aliphatic imine (C=N–C) groups is 2. The number of benzene rings is 3. The highest BCUT2D eigenvalue weighted by Gasteiger charge is 2.41. The third-order valence-corrected chi connectivity index (χ3v) is 7.00. The van der Waals surface area contributed by atoms with Crippen molar-refractivity contribution < 1.29 is 4.39 Å². The number of hydrogen-bond acceptors (Lipinski definition) is 6. The first-order chi connectivity index (χ1) is 19.1. The number of halogens is 1. The van der Waals surface area contributed by atoms with Crippen molar-refractivity contribution in [2.45, 2.75) is 19.9 Å². The summed E-state index contributed by atoms with van der Waals surface area (Å²) in [5, 5.41) is 8.37. The summed E-state index contributed by atoms with van der Waals surface area (Å²) >= 11 is 0. The van der Waals surface area contributed by atoms with E-state index in [1.165, 1.54) is 17.7 Å². The Balaban J connectivity index is 1.49. The molecule has 0 aliphatic carbocycles. The SMILES string of the molecule is Cc1ccc(NC2=Nc3ccccc3N3C2=Nc2c(c(C)nn2-c2ccccn2)[C@@H]3c2ccc(F)cc2)cc1. The predicted octanol–water partition coefficient (Wildman–Crippen LogP) is 6.82. The van der Waals surface area contributed by atoms with Gasteiger partial charge >= 0.3 is 0 Å². The minimum atomic E-state index is -0.322. The maximum absolute atomic E-state index is 14.1. The summed E-state index contributed by atoms with van der Waals surface area (Å²) in [7, 11) is 0. The van der Waals surface area contributed by atoms with Gasteiger partial charge in [0.2, 0.25) is 0 Å². The highest BCUT2D eigenvalue weighted by atomic mass is 19.1. The topological polar surface area (TPSA) is 70.7 Å². The number of aromatic nitrogens is 3. The fraction of sp³-hybridized carbons (Fsp3) is 0.0968. The molecule has 0 fully saturated rings. The second-order valence-corrected chi connectivity index (χ2v) is 9.62. The van der Waals surface area contributed by atoms with E-state index >= 15 is 0 Å². The van der Waals surface area contributed by atoms with Gasteiger partial charge in [0.1, 0.15) is 5.82 Å². The quantitative estimate of drug-likeness (QED) is 0.287. The summed E-state index contributed by atoms with van der Waals surface area (Å²) < 4.78 is 15.8. The normalized spacial score (nSPS) is 15.6. The Bertz CT molecular complexity index is 1750. The maximum atomic E-state index is 14.1. The van der Waals surface area contributed by atoms with E-state index in [0.29, 0.717) is 23.3 Å². The van der Waals surface area contributed by atoms with E-state index in [1.807, 2.05) is 73.7 Å². The lowest BCUT2D eigenvalue weighted by atomic mass is 9.93. The lowest BCUT2D eigenvalue weighted by molar-refractivity contribution is 0.626. The van der Waals surface area contributed by atoms with Crippen LogP contribution >= 0.6 is 0 Å². The number of nitrogens with one attached hydrogen (secondary N) is 1. The molecule has 2 aliphatic heterocycles. The van der Waals surface area contributed by atoms with Crippen LogP contribution in [0.1, 0.15) is 28.4 Å². The van der Waals surface area contributed by atoms with Gasteiger partial charge in [0.25, 0.3) is 0 Å². The molecule has 4 heterocycles. The third-order valence-electron chi connectivity index (χ3n) is 7.00. The molecule has 2 aliphatic rings. The van der Waals surface area contributed by atoms with E-state index < -0.39 is 0 Å². The summed E-state index contributed by atoms with van der Waals surface area (Å²) in [6.07, 6.45) is 1.74. The molecule has 0 bridgehead atoms. The van der Waals surface area contributed by atoms with Crippen LogP contribution in [0.2, 0.25) is 0 Å².